The van der Waals surface area contributed by atoms with Crippen molar-refractivity contribution in [2.24, 2.45) is 12.1 Å². The zero-order valence-corrected chi connectivity index (χ0v) is 22.2. The molecule has 2 amide bonds. The van der Waals surface area contributed by atoms with Gasteiger partial charge < -0.3 is 14.2 Å². The fourth-order valence-electron chi connectivity index (χ4n) is 4.84. The lowest BCUT2D eigenvalue weighted by Gasteiger charge is -2.31. The molecule has 0 saturated carbocycles. The van der Waals surface area contributed by atoms with E-state index in [0.29, 0.717) is 37.6 Å². The SMILES string of the molecule is Cc1ccc(C2CC(c3cccn3C)=NN2C(=O)CN(CCN2CCOCC2)C(=O)c2cccs2)cc1. The van der Waals surface area contributed by atoms with Crippen LogP contribution in [0.2, 0.25) is 0 Å². The number of carbonyl (C=O) groups is 2. The van der Waals surface area contributed by atoms with E-state index in [2.05, 4.69) is 36.1 Å². The second-order valence-corrected chi connectivity index (χ2v) is 10.5. The number of hydrogen-bond donors (Lipinski definition) is 0. The zero-order valence-electron chi connectivity index (χ0n) is 21.4. The van der Waals surface area contributed by atoms with Crippen LogP contribution in [0.5, 0.6) is 0 Å². The van der Waals surface area contributed by atoms with Crippen molar-refractivity contribution >= 4 is 28.9 Å². The molecule has 2 aliphatic rings. The molecule has 1 atom stereocenters. The number of benzene rings is 1. The van der Waals surface area contributed by atoms with Crippen LogP contribution in [0.4, 0.5) is 0 Å². The Labute approximate surface area is 221 Å². The number of thiophene rings is 1. The van der Waals surface area contributed by atoms with Crippen molar-refractivity contribution in [3.8, 4) is 0 Å². The smallest absolute Gasteiger partial charge is 0.264 e. The zero-order chi connectivity index (χ0) is 25.8. The Morgan fingerprint density at radius 3 is 2.57 bits per heavy atom. The topological polar surface area (TPSA) is 70.4 Å². The Hall–Kier alpha value is -3.27. The molecule has 1 unspecified atom stereocenters. The molecule has 194 valence electrons. The minimum atomic E-state index is -0.212. The first-order valence-corrected chi connectivity index (χ1v) is 13.6. The number of nitrogens with zero attached hydrogens (tertiary/aromatic N) is 5. The van der Waals surface area contributed by atoms with Crippen LogP contribution in [0.25, 0.3) is 0 Å². The minimum Gasteiger partial charge on any atom is -0.379 e. The van der Waals surface area contributed by atoms with Crippen molar-refractivity contribution in [3.05, 3.63) is 81.8 Å². The van der Waals surface area contributed by atoms with Gasteiger partial charge in [0.05, 0.1) is 35.5 Å². The molecule has 0 radical (unpaired) electrons. The maximum absolute atomic E-state index is 13.8. The molecule has 3 aromatic rings. The van der Waals surface area contributed by atoms with E-state index < -0.39 is 0 Å². The Morgan fingerprint density at radius 2 is 1.89 bits per heavy atom. The lowest BCUT2D eigenvalue weighted by molar-refractivity contribution is -0.133. The van der Waals surface area contributed by atoms with E-state index >= 15 is 0 Å². The van der Waals surface area contributed by atoms with Crippen LogP contribution in [0.15, 0.2) is 65.2 Å². The summed E-state index contributed by atoms with van der Waals surface area (Å²) < 4.78 is 7.48. The molecule has 37 heavy (non-hydrogen) atoms. The fraction of sp³-hybridized carbons (Fsp3) is 0.393. The third kappa shape index (κ3) is 5.84. The first-order valence-electron chi connectivity index (χ1n) is 12.7. The van der Waals surface area contributed by atoms with Gasteiger partial charge in [-0.25, -0.2) is 5.01 Å². The standard InChI is InChI=1S/C28H33N5O3S/c1-21-7-9-22(10-8-21)25-19-23(24-5-3-11-30(24)2)29-33(25)27(34)20-32(28(35)26-6-4-18-37-26)13-12-31-14-16-36-17-15-31/h3-11,18,25H,12-17,19-20H2,1-2H3. The molecule has 9 heteroatoms. The molecular weight excluding hydrogens is 486 g/mol. The van der Waals surface area contributed by atoms with Gasteiger partial charge >= 0.3 is 0 Å². The van der Waals surface area contributed by atoms with Crippen molar-refractivity contribution in [2.75, 3.05) is 45.9 Å². The number of carbonyl (C=O) groups excluding carboxylic acids is 2. The van der Waals surface area contributed by atoms with Gasteiger partial charge in [-0.3, -0.25) is 14.5 Å². The van der Waals surface area contributed by atoms with E-state index in [9.17, 15) is 9.59 Å². The summed E-state index contributed by atoms with van der Waals surface area (Å²) in [5, 5.41) is 8.30. The van der Waals surface area contributed by atoms with Crippen LogP contribution in [-0.2, 0) is 16.6 Å². The Balaban J connectivity index is 1.39. The third-order valence-electron chi connectivity index (χ3n) is 7.00. The molecule has 1 saturated heterocycles. The molecule has 1 fully saturated rings. The van der Waals surface area contributed by atoms with Crippen molar-refractivity contribution in [3.63, 3.8) is 0 Å². The number of amides is 2. The Bertz CT molecular complexity index is 1250. The van der Waals surface area contributed by atoms with Gasteiger partial charge in [0.2, 0.25) is 0 Å². The maximum atomic E-state index is 13.8. The molecule has 4 heterocycles. The van der Waals surface area contributed by atoms with Gasteiger partial charge in [0.15, 0.2) is 0 Å². The maximum Gasteiger partial charge on any atom is 0.264 e. The van der Waals surface area contributed by atoms with Gasteiger partial charge in [-0.05, 0) is 36.1 Å². The van der Waals surface area contributed by atoms with Gasteiger partial charge in [-0.2, -0.15) is 5.10 Å². The van der Waals surface area contributed by atoms with E-state index in [1.807, 2.05) is 47.5 Å². The highest BCUT2D eigenvalue weighted by Crippen LogP contribution is 2.33. The minimum absolute atomic E-state index is 0.0205. The Morgan fingerprint density at radius 1 is 1.11 bits per heavy atom. The molecule has 0 aliphatic carbocycles. The average molecular weight is 520 g/mol. The quantitative estimate of drug-likeness (QED) is 0.457. The second-order valence-electron chi connectivity index (χ2n) is 9.58. The largest absolute Gasteiger partial charge is 0.379 e. The van der Waals surface area contributed by atoms with Crippen molar-refractivity contribution in [2.45, 2.75) is 19.4 Å². The highest BCUT2D eigenvalue weighted by atomic mass is 32.1. The molecule has 2 aromatic heterocycles. The fourth-order valence-corrected chi connectivity index (χ4v) is 5.53. The first-order chi connectivity index (χ1) is 18.0. The summed E-state index contributed by atoms with van der Waals surface area (Å²) in [7, 11) is 1.98. The summed E-state index contributed by atoms with van der Waals surface area (Å²) in [5.41, 5.74) is 4.07. The van der Waals surface area contributed by atoms with Crippen molar-refractivity contribution < 1.29 is 14.3 Å². The monoisotopic (exact) mass is 519 g/mol. The van der Waals surface area contributed by atoms with Crippen LogP contribution >= 0.6 is 11.3 Å². The number of aromatic nitrogens is 1. The van der Waals surface area contributed by atoms with Crippen LogP contribution in [0, 0.1) is 6.92 Å². The Kier molecular flexibility index (Phi) is 7.83. The highest BCUT2D eigenvalue weighted by molar-refractivity contribution is 7.12. The highest BCUT2D eigenvalue weighted by Gasteiger charge is 2.35. The molecule has 0 spiro atoms. The average Bonchev–Trinajstić information content (AvgIpc) is 3.68. The van der Waals surface area contributed by atoms with Crippen LogP contribution in [-0.4, -0.2) is 82.8 Å². The molecule has 5 rings (SSSR count). The molecule has 0 bridgehead atoms. The van der Waals surface area contributed by atoms with Gasteiger partial charge in [0.25, 0.3) is 11.8 Å². The van der Waals surface area contributed by atoms with Gasteiger partial charge in [0.1, 0.15) is 6.54 Å². The lowest BCUT2D eigenvalue weighted by Crippen LogP contribution is -2.46. The number of hydrazone groups is 1. The van der Waals surface area contributed by atoms with Crippen molar-refractivity contribution in [1.29, 1.82) is 0 Å². The summed E-state index contributed by atoms with van der Waals surface area (Å²) in [5.74, 6) is -0.295. The van der Waals surface area contributed by atoms with E-state index in [4.69, 9.17) is 9.84 Å². The molecule has 1 aromatic carbocycles. The number of ether oxygens (including phenoxy) is 1. The third-order valence-corrected chi connectivity index (χ3v) is 7.86. The first kappa shape index (κ1) is 25.4. The van der Waals surface area contributed by atoms with Gasteiger partial charge in [-0.15, -0.1) is 11.3 Å². The number of hydrogen-bond acceptors (Lipinski definition) is 6. The van der Waals surface area contributed by atoms with Crippen LogP contribution in [0.3, 0.4) is 0 Å². The van der Waals surface area contributed by atoms with Crippen molar-refractivity contribution in [1.82, 2.24) is 19.4 Å². The van der Waals surface area contributed by atoms with Gasteiger partial charge in [0, 0.05) is 45.8 Å². The summed E-state index contributed by atoms with van der Waals surface area (Å²) in [6.07, 6.45) is 2.61. The van der Waals surface area contributed by atoms with E-state index in [1.165, 1.54) is 16.9 Å². The van der Waals surface area contributed by atoms with E-state index in [-0.39, 0.29) is 24.4 Å². The second kappa shape index (κ2) is 11.4. The van der Waals surface area contributed by atoms with Crippen LogP contribution in [0.1, 0.15) is 39.0 Å². The van der Waals surface area contributed by atoms with Crippen LogP contribution < -0.4 is 0 Å². The lowest BCUT2D eigenvalue weighted by atomic mass is 9.99. The number of rotatable bonds is 8. The van der Waals surface area contributed by atoms with E-state index in [1.54, 1.807) is 9.91 Å². The summed E-state index contributed by atoms with van der Waals surface area (Å²) >= 11 is 1.40. The molecule has 2 aliphatic heterocycles. The number of aryl methyl sites for hydroxylation is 2. The summed E-state index contributed by atoms with van der Waals surface area (Å²) in [6, 6.07) is 15.7. The van der Waals surface area contributed by atoms with Gasteiger partial charge in [-0.1, -0.05) is 35.9 Å². The predicted molar refractivity (Wildman–Crippen MR) is 145 cm³/mol. The summed E-state index contributed by atoms with van der Waals surface area (Å²) in [4.78, 5) is 31.8. The molecule has 8 nitrogen and oxygen atoms in total. The normalized spacial score (nSPS) is 18.2. The summed E-state index contributed by atoms with van der Waals surface area (Å²) in [6.45, 7) is 6.26. The molecular formula is C28H33N5O3S. The predicted octanol–water partition coefficient (Wildman–Crippen LogP) is 3.55. The van der Waals surface area contributed by atoms with E-state index in [0.717, 1.165) is 30.1 Å². The number of morpholine rings is 1. The molecule has 0 N–H and O–H groups in total.